The van der Waals surface area contributed by atoms with Gasteiger partial charge in [-0.15, -0.1) is 24.0 Å². The number of aliphatic imine (C=N–C) groups is 1. The van der Waals surface area contributed by atoms with E-state index in [1.54, 1.807) is 6.07 Å². The molecule has 1 aromatic heterocycles. The van der Waals surface area contributed by atoms with Gasteiger partial charge in [0, 0.05) is 25.4 Å². The Hall–Kier alpha value is -1.30. The molecule has 1 aromatic rings. The Kier molecular flexibility index (Phi) is 7.82. The van der Waals surface area contributed by atoms with Gasteiger partial charge in [-0.2, -0.15) is 13.2 Å². The SMILES string of the molecule is I.NC(=NCc1ccc(OCC(F)(F)F)nc1)N1CCOCC1. The molecule has 1 aliphatic heterocycles. The first-order valence-electron chi connectivity index (χ1n) is 6.71. The molecule has 2 heterocycles. The van der Waals surface area contributed by atoms with Crippen LogP contribution in [0.1, 0.15) is 5.56 Å². The second-order valence-electron chi connectivity index (χ2n) is 4.68. The third-order valence-electron chi connectivity index (χ3n) is 2.94. The van der Waals surface area contributed by atoms with Crippen LogP contribution in [-0.2, 0) is 11.3 Å². The maximum absolute atomic E-state index is 12.0. The number of ether oxygens (including phenoxy) is 2. The van der Waals surface area contributed by atoms with Crippen molar-refractivity contribution < 1.29 is 22.6 Å². The van der Waals surface area contributed by atoms with Crippen LogP contribution in [0.5, 0.6) is 5.88 Å². The molecule has 10 heteroatoms. The van der Waals surface area contributed by atoms with Gasteiger partial charge in [-0.25, -0.2) is 9.98 Å². The van der Waals surface area contributed by atoms with Crippen LogP contribution in [0.4, 0.5) is 13.2 Å². The fourth-order valence-electron chi connectivity index (χ4n) is 1.81. The van der Waals surface area contributed by atoms with E-state index in [1.165, 1.54) is 12.3 Å². The largest absolute Gasteiger partial charge is 0.468 e. The first-order chi connectivity index (χ1) is 10.4. The Bertz CT molecular complexity index is 505. The minimum Gasteiger partial charge on any atom is -0.468 e. The standard InChI is InChI=1S/C13H17F3N4O2.HI/c14-13(15,16)9-22-11-2-1-10(7-18-11)8-19-12(17)20-3-5-21-6-4-20;/h1-2,7H,3-6,8-9H2,(H2,17,19);1H. The molecule has 23 heavy (non-hydrogen) atoms. The monoisotopic (exact) mass is 446 g/mol. The number of pyridine rings is 1. The lowest BCUT2D eigenvalue weighted by molar-refractivity contribution is -0.154. The van der Waals surface area contributed by atoms with E-state index in [4.69, 9.17) is 10.5 Å². The lowest BCUT2D eigenvalue weighted by Crippen LogP contribution is -2.44. The highest BCUT2D eigenvalue weighted by molar-refractivity contribution is 14.0. The smallest absolute Gasteiger partial charge is 0.422 e. The van der Waals surface area contributed by atoms with Gasteiger partial charge in [0.25, 0.3) is 0 Å². The molecule has 0 aromatic carbocycles. The minimum absolute atomic E-state index is 0. The van der Waals surface area contributed by atoms with Crippen molar-refractivity contribution in [3.63, 3.8) is 0 Å². The van der Waals surface area contributed by atoms with E-state index in [9.17, 15) is 13.2 Å². The Morgan fingerprint density at radius 3 is 2.61 bits per heavy atom. The fourth-order valence-corrected chi connectivity index (χ4v) is 1.81. The molecule has 1 aliphatic rings. The number of rotatable bonds is 4. The summed E-state index contributed by atoms with van der Waals surface area (Å²) in [7, 11) is 0. The number of aromatic nitrogens is 1. The van der Waals surface area contributed by atoms with Gasteiger partial charge in [-0.05, 0) is 5.56 Å². The average molecular weight is 446 g/mol. The average Bonchev–Trinajstić information content (AvgIpc) is 2.52. The van der Waals surface area contributed by atoms with Gasteiger partial charge in [0.15, 0.2) is 12.6 Å². The highest BCUT2D eigenvalue weighted by Gasteiger charge is 2.28. The fraction of sp³-hybridized carbons (Fsp3) is 0.538. The van der Waals surface area contributed by atoms with E-state index in [1.807, 2.05) is 4.90 Å². The number of guanidine groups is 1. The van der Waals surface area contributed by atoms with Gasteiger partial charge < -0.3 is 20.1 Å². The van der Waals surface area contributed by atoms with E-state index >= 15 is 0 Å². The molecule has 0 amide bonds. The van der Waals surface area contributed by atoms with E-state index < -0.39 is 12.8 Å². The summed E-state index contributed by atoms with van der Waals surface area (Å²) in [6, 6.07) is 2.98. The predicted octanol–water partition coefficient (Wildman–Crippen LogP) is 1.79. The zero-order valence-electron chi connectivity index (χ0n) is 12.3. The topological polar surface area (TPSA) is 73.0 Å². The Morgan fingerprint density at radius 2 is 2.04 bits per heavy atom. The molecule has 2 rings (SSSR count). The van der Waals surface area contributed by atoms with Crippen molar-refractivity contribution in [2.24, 2.45) is 10.7 Å². The highest BCUT2D eigenvalue weighted by atomic mass is 127. The minimum atomic E-state index is -4.38. The molecule has 6 nitrogen and oxygen atoms in total. The molecular formula is C13H18F3IN4O2. The zero-order chi connectivity index (χ0) is 16.0. The van der Waals surface area contributed by atoms with Crippen LogP contribution in [-0.4, -0.2) is 54.9 Å². The van der Waals surface area contributed by atoms with Gasteiger partial charge in [-0.1, -0.05) is 6.07 Å². The van der Waals surface area contributed by atoms with Crippen LogP contribution in [0.2, 0.25) is 0 Å². The van der Waals surface area contributed by atoms with Crippen molar-refractivity contribution in [1.82, 2.24) is 9.88 Å². The van der Waals surface area contributed by atoms with E-state index in [0.717, 1.165) is 5.56 Å². The normalized spacial score (nSPS) is 16.0. The number of halogens is 4. The summed E-state index contributed by atoms with van der Waals surface area (Å²) in [6.45, 7) is 1.55. The molecule has 0 bridgehead atoms. The van der Waals surface area contributed by atoms with Gasteiger partial charge in [0.2, 0.25) is 5.88 Å². The van der Waals surface area contributed by atoms with Gasteiger partial charge in [0.05, 0.1) is 19.8 Å². The third kappa shape index (κ3) is 7.20. The maximum atomic E-state index is 12.0. The summed E-state index contributed by atoms with van der Waals surface area (Å²) < 4.78 is 45.8. The summed E-state index contributed by atoms with van der Waals surface area (Å²) in [5.74, 6) is 0.340. The van der Waals surface area contributed by atoms with Crippen molar-refractivity contribution in [3.05, 3.63) is 23.9 Å². The summed E-state index contributed by atoms with van der Waals surface area (Å²) in [5, 5.41) is 0. The van der Waals surface area contributed by atoms with Gasteiger partial charge in [-0.3, -0.25) is 0 Å². The zero-order valence-corrected chi connectivity index (χ0v) is 14.6. The van der Waals surface area contributed by atoms with Crippen molar-refractivity contribution in [2.75, 3.05) is 32.9 Å². The van der Waals surface area contributed by atoms with Crippen molar-refractivity contribution in [1.29, 1.82) is 0 Å². The van der Waals surface area contributed by atoms with Crippen molar-refractivity contribution in [3.8, 4) is 5.88 Å². The Labute approximate surface area is 148 Å². The number of hydrogen-bond donors (Lipinski definition) is 1. The molecular weight excluding hydrogens is 428 g/mol. The van der Waals surface area contributed by atoms with Crippen LogP contribution < -0.4 is 10.5 Å². The van der Waals surface area contributed by atoms with E-state index in [0.29, 0.717) is 38.8 Å². The van der Waals surface area contributed by atoms with Gasteiger partial charge in [0.1, 0.15) is 0 Å². The molecule has 1 saturated heterocycles. The number of nitrogens with two attached hydrogens (primary N) is 1. The van der Waals surface area contributed by atoms with E-state index in [2.05, 4.69) is 14.7 Å². The Balaban J connectivity index is 0.00000264. The first-order valence-corrected chi connectivity index (χ1v) is 6.71. The van der Waals surface area contributed by atoms with Crippen LogP contribution in [0.3, 0.4) is 0 Å². The molecule has 130 valence electrons. The molecule has 0 aliphatic carbocycles. The molecule has 0 saturated carbocycles. The number of alkyl halides is 3. The molecule has 1 fully saturated rings. The Morgan fingerprint density at radius 1 is 1.35 bits per heavy atom. The lowest BCUT2D eigenvalue weighted by Gasteiger charge is -2.27. The first kappa shape index (κ1) is 19.7. The lowest BCUT2D eigenvalue weighted by atomic mass is 10.3. The van der Waals surface area contributed by atoms with Crippen molar-refractivity contribution >= 4 is 29.9 Å². The predicted molar refractivity (Wildman–Crippen MR) is 88.9 cm³/mol. The summed E-state index contributed by atoms with van der Waals surface area (Å²) in [5.41, 5.74) is 6.60. The maximum Gasteiger partial charge on any atom is 0.422 e. The molecule has 0 spiro atoms. The van der Waals surface area contributed by atoms with E-state index in [-0.39, 0.29) is 29.9 Å². The molecule has 0 radical (unpaired) electrons. The highest BCUT2D eigenvalue weighted by Crippen LogP contribution is 2.17. The summed E-state index contributed by atoms with van der Waals surface area (Å²) >= 11 is 0. The second kappa shape index (κ2) is 9.11. The second-order valence-corrected chi connectivity index (χ2v) is 4.68. The summed E-state index contributed by atoms with van der Waals surface area (Å²) in [6.07, 6.45) is -2.96. The molecule has 2 N–H and O–H groups in total. The molecule has 0 atom stereocenters. The van der Waals surface area contributed by atoms with Crippen LogP contribution in [0.25, 0.3) is 0 Å². The number of morpholine rings is 1. The quantitative estimate of drug-likeness (QED) is 0.434. The molecule has 0 unspecified atom stereocenters. The van der Waals surface area contributed by atoms with Crippen LogP contribution >= 0.6 is 24.0 Å². The number of nitrogens with zero attached hydrogens (tertiary/aromatic N) is 3. The van der Waals surface area contributed by atoms with Gasteiger partial charge >= 0.3 is 6.18 Å². The summed E-state index contributed by atoms with van der Waals surface area (Å²) in [4.78, 5) is 9.96. The van der Waals surface area contributed by atoms with Crippen LogP contribution in [0.15, 0.2) is 23.3 Å². The third-order valence-corrected chi connectivity index (χ3v) is 2.94. The number of hydrogen-bond acceptors (Lipinski definition) is 4. The van der Waals surface area contributed by atoms with Crippen LogP contribution in [0, 0.1) is 0 Å². The van der Waals surface area contributed by atoms with Crippen molar-refractivity contribution in [2.45, 2.75) is 12.7 Å².